The topological polar surface area (TPSA) is 63.2 Å². The molecule has 150 valence electrons. The molecule has 0 unspecified atom stereocenters. The lowest BCUT2D eigenvalue weighted by Gasteiger charge is -2.19. The predicted octanol–water partition coefficient (Wildman–Crippen LogP) is 5.25. The molecule has 0 bridgehead atoms. The van der Waals surface area contributed by atoms with Crippen LogP contribution in [-0.2, 0) is 12.0 Å². The lowest BCUT2D eigenvalue weighted by atomic mass is 9.87. The van der Waals surface area contributed by atoms with Crippen molar-refractivity contribution in [3.8, 4) is 5.75 Å². The molecule has 1 aromatic heterocycles. The maximum atomic E-state index is 12.6. The van der Waals surface area contributed by atoms with Crippen LogP contribution in [0.1, 0.15) is 42.4 Å². The van der Waals surface area contributed by atoms with Gasteiger partial charge in [-0.05, 0) is 52.9 Å². The molecular weight excluding hydrogens is 362 g/mol. The highest BCUT2D eigenvalue weighted by molar-refractivity contribution is 6.03. The summed E-state index contributed by atoms with van der Waals surface area (Å²) in [6.07, 6.45) is 1.63. The van der Waals surface area contributed by atoms with Crippen LogP contribution < -0.4 is 15.4 Å². The third kappa shape index (κ3) is 5.57. The number of methoxy groups -OCH3 is 1. The van der Waals surface area contributed by atoms with Crippen LogP contribution in [0.15, 0.2) is 66.9 Å². The minimum absolute atomic E-state index is 0.0774. The van der Waals surface area contributed by atoms with Gasteiger partial charge in [0.15, 0.2) is 0 Å². The highest BCUT2D eigenvalue weighted by atomic mass is 16.5. The maximum Gasteiger partial charge on any atom is 0.274 e. The average molecular weight is 389 g/mol. The van der Waals surface area contributed by atoms with E-state index >= 15 is 0 Å². The number of nitrogens with one attached hydrogen (secondary N) is 2. The first-order valence-electron chi connectivity index (χ1n) is 9.60. The Hall–Kier alpha value is -3.34. The van der Waals surface area contributed by atoms with Gasteiger partial charge in [0.25, 0.3) is 5.91 Å². The Morgan fingerprint density at radius 3 is 2.28 bits per heavy atom. The number of pyridine rings is 1. The summed E-state index contributed by atoms with van der Waals surface area (Å²) < 4.78 is 5.17. The fraction of sp³-hybridized carbons (Fsp3) is 0.250. The molecule has 0 fully saturated rings. The van der Waals surface area contributed by atoms with E-state index in [1.807, 2.05) is 54.6 Å². The standard InChI is InChI=1S/C24H27N3O2/c1-24(2,3)18-7-9-19(10-8-18)27-23(28)22-15-20(13-14-25-22)26-16-17-5-11-21(29-4)12-6-17/h5-15H,16H2,1-4H3,(H,25,26)(H,27,28). The maximum absolute atomic E-state index is 12.6. The summed E-state index contributed by atoms with van der Waals surface area (Å²) in [5.74, 6) is 0.591. The number of carbonyl (C=O) groups is 1. The van der Waals surface area contributed by atoms with Gasteiger partial charge in [0.1, 0.15) is 11.4 Å². The van der Waals surface area contributed by atoms with Gasteiger partial charge in [-0.3, -0.25) is 9.78 Å². The summed E-state index contributed by atoms with van der Waals surface area (Å²) in [4.78, 5) is 16.8. The van der Waals surface area contributed by atoms with E-state index in [1.54, 1.807) is 19.4 Å². The molecule has 0 saturated heterocycles. The van der Waals surface area contributed by atoms with Crippen molar-refractivity contribution >= 4 is 17.3 Å². The normalized spacial score (nSPS) is 11.0. The third-order valence-electron chi connectivity index (χ3n) is 4.66. The zero-order valence-electron chi connectivity index (χ0n) is 17.3. The number of rotatable bonds is 6. The summed E-state index contributed by atoms with van der Waals surface area (Å²) >= 11 is 0. The molecule has 5 nitrogen and oxygen atoms in total. The van der Waals surface area contributed by atoms with Gasteiger partial charge in [-0.25, -0.2) is 0 Å². The van der Waals surface area contributed by atoms with Gasteiger partial charge in [0.2, 0.25) is 0 Å². The van der Waals surface area contributed by atoms with E-state index in [9.17, 15) is 4.79 Å². The van der Waals surface area contributed by atoms with Crippen molar-refractivity contribution in [1.29, 1.82) is 0 Å². The first-order chi connectivity index (χ1) is 13.8. The monoisotopic (exact) mass is 389 g/mol. The molecule has 5 heteroatoms. The molecule has 0 saturated carbocycles. The van der Waals surface area contributed by atoms with Crippen molar-refractivity contribution in [2.75, 3.05) is 17.7 Å². The molecular formula is C24H27N3O2. The third-order valence-corrected chi connectivity index (χ3v) is 4.66. The minimum atomic E-state index is -0.235. The largest absolute Gasteiger partial charge is 0.497 e. The Balaban J connectivity index is 1.62. The summed E-state index contributed by atoms with van der Waals surface area (Å²) in [5.41, 5.74) is 4.37. The van der Waals surface area contributed by atoms with Crippen molar-refractivity contribution in [3.63, 3.8) is 0 Å². The average Bonchev–Trinajstić information content (AvgIpc) is 2.72. The summed E-state index contributed by atoms with van der Waals surface area (Å²) in [6.45, 7) is 7.13. The molecule has 0 aliphatic heterocycles. The number of aromatic nitrogens is 1. The zero-order valence-corrected chi connectivity index (χ0v) is 17.3. The summed E-state index contributed by atoms with van der Waals surface area (Å²) in [6, 6.07) is 19.4. The first-order valence-corrected chi connectivity index (χ1v) is 9.60. The Labute approximate surface area is 172 Å². The SMILES string of the molecule is COc1ccc(CNc2ccnc(C(=O)Nc3ccc(C(C)(C)C)cc3)c2)cc1. The van der Waals surface area contributed by atoms with E-state index in [0.29, 0.717) is 12.2 Å². The predicted molar refractivity (Wildman–Crippen MR) is 118 cm³/mol. The van der Waals surface area contributed by atoms with E-state index in [4.69, 9.17) is 4.74 Å². The van der Waals surface area contributed by atoms with Gasteiger partial charge in [-0.2, -0.15) is 0 Å². The van der Waals surface area contributed by atoms with Crippen LogP contribution in [0.3, 0.4) is 0 Å². The lowest BCUT2D eigenvalue weighted by molar-refractivity contribution is 0.102. The van der Waals surface area contributed by atoms with Crippen LogP contribution in [0.4, 0.5) is 11.4 Å². The minimum Gasteiger partial charge on any atom is -0.497 e. The van der Waals surface area contributed by atoms with Gasteiger partial charge in [0.05, 0.1) is 7.11 Å². The Bertz CT molecular complexity index is 959. The first kappa shape index (κ1) is 20.4. The van der Waals surface area contributed by atoms with E-state index in [0.717, 1.165) is 22.7 Å². The van der Waals surface area contributed by atoms with Crippen LogP contribution in [0, 0.1) is 0 Å². The molecule has 0 aliphatic carbocycles. The number of anilines is 2. The van der Waals surface area contributed by atoms with Gasteiger partial charge < -0.3 is 15.4 Å². The quantitative estimate of drug-likeness (QED) is 0.604. The Morgan fingerprint density at radius 1 is 0.966 bits per heavy atom. The molecule has 1 amide bonds. The molecule has 0 atom stereocenters. The van der Waals surface area contributed by atoms with E-state index in [1.165, 1.54) is 5.56 Å². The van der Waals surface area contributed by atoms with Crippen molar-refractivity contribution in [1.82, 2.24) is 4.98 Å². The van der Waals surface area contributed by atoms with E-state index < -0.39 is 0 Å². The molecule has 0 aliphatic rings. The lowest BCUT2D eigenvalue weighted by Crippen LogP contribution is -2.15. The number of benzene rings is 2. The van der Waals surface area contributed by atoms with Crippen molar-refractivity contribution in [2.24, 2.45) is 0 Å². The van der Waals surface area contributed by atoms with Gasteiger partial charge in [-0.1, -0.05) is 45.0 Å². The second kappa shape index (κ2) is 8.78. The number of amides is 1. The van der Waals surface area contributed by atoms with Crippen molar-refractivity contribution < 1.29 is 9.53 Å². The Kier molecular flexibility index (Phi) is 6.17. The summed E-state index contributed by atoms with van der Waals surface area (Å²) in [5, 5.41) is 6.23. The van der Waals surface area contributed by atoms with Crippen LogP contribution in [0.2, 0.25) is 0 Å². The smallest absolute Gasteiger partial charge is 0.274 e. The number of carbonyl (C=O) groups excluding carboxylic acids is 1. The Morgan fingerprint density at radius 2 is 1.66 bits per heavy atom. The number of nitrogens with zero attached hydrogens (tertiary/aromatic N) is 1. The highest BCUT2D eigenvalue weighted by Crippen LogP contribution is 2.23. The highest BCUT2D eigenvalue weighted by Gasteiger charge is 2.14. The molecule has 2 N–H and O–H groups in total. The number of hydrogen-bond acceptors (Lipinski definition) is 4. The van der Waals surface area contributed by atoms with Gasteiger partial charge in [-0.15, -0.1) is 0 Å². The molecule has 3 rings (SSSR count). The molecule has 0 radical (unpaired) electrons. The fourth-order valence-corrected chi connectivity index (χ4v) is 2.86. The van der Waals surface area contributed by atoms with Gasteiger partial charge >= 0.3 is 0 Å². The van der Waals surface area contributed by atoms with Crippen LogP contribution >= 0.6 is 0 Å². The molecule has 3 aromatic rings. The second-order valence-corrected chi connectivity index (χ2v) is 7.91. The van der Waals surface area contributed by atoms with Crippen molar-refractivity contribution in [3.05, 3.63) is 83.7 Å². The number of hydrogen-bond donors (Lipinski definition) is 2. The van der Waals surface area contributed by atoms with Crippen LogP contribution in [0.25, 0.3) is 0 Å². The van der Waals surface area contributed by atoms with Crippen molar-refractivity contribution in [2.45, 2.75) is 32.7 Å². The van der Waals surface area contributed by atoms with E-state index in [2.05, 4.69) is 36.4 Å². The molecule has 0 spiro atoms. The van der Waals surface area contributed by atoms with Crippen LogP contribution in [0.5, 0.6) is 5.75 Å². The van der Waals surface area contributed by atoms with E-state index in [-0.39, 0.29) is 11.3 Å². The zero-order chi connectivity index (χ0) is 20.9. The number of ether oxygens (including phenoxy) is 1. The fourth-order valence-electron chi connectivity index (χ4n) is 2.86. The molecule has 1 heterocycles. The summed E-state index contributed by atoms with van der Waals surface area (Å²) in [7, 11) is 1.65. The molecule has 2 aromatic carbocycles. The second-order valence-electron chi connectivity index (χ2n) is 7.91. The molecule has 29 heavy (non-hydrogen) atoms. The van der Waals surface area contributed by atoms with Gasteiger partial charge in [0, 0.05) is 24.1 Å². The van der Waals surface area contributed by atoms with Crippen LogP contribution in [-0.4, -0.2) is 18.0 Å².